The summed E-state index contributed by atoms with van der Waals surface area (Å²) in [5.74, 6) is 1.75. The highest BCUT2D eigenvalue weighted by Gasteiger charge is 2.23. The standard InChI is InChI=1S/C14H24BrN3/c1-4-12-14(15)13(18(3)17-12)9-16-8-11-7-5-6-10(11)2/h10-11,16H,4-9H2,1-3H3. The van der Waals surface area contributed by atoms with Crippen LogP contribution in [0.15, 0.2) is 4.47 Å². The van der Waals surface area contributed by atoms with Gasteiger partial charge in [-0.3, -0.25) is 4.68 Å². The van der Waals surface area contributed by atoms with Gasteiger partial charge in [0.05, 0.1) is 15.9 Å². The van der Waals surface area contributed by atoms with Gasteiger partial charge in [-0.15, -0.1) is 0 Å². The zero-order valence-electron chi connectivity index (χ0n) is 11.7. The molecule has 1 saturated carbocycles. The van der Waals surface area contributed by atoms with Gasteiger partial charge in [-0.2, -0.15) is 5.10 Å². The number of hydrogen-bond acceptors (Lipinski definition) is 2. The zero-order chi connectivity index (χ0) is 13.1. The van der Waals surface area contributed by atoms with Crippen LogP contribution in [-0.4, -0.2) is 16.3 Å². The minimum absolute atomic E-state index is 0.864. The molecule has 1 aromatic rings. The highest BCUT2D eigenvalue weighted by atomic mass is 79.9. The van der Waals surface area contributed by atoms with Crippen molar-refractivity contribution in [2.75, 3.05) is 6.54 Å². The number of aryl methyl sites for hydroxylation is 2. The van der Waals surface area contributed by atoms with E-state index >= 15 is 0 Å². The Morgan fingerprint density at radius 3 is 2.78 bits per heavy atom. The summed E-state index contributed by atoms with van der Waals surface area (Å²) < 4.78 is 3.17. The van der Waals surface area contributed by atoms with E-state index in [1.54, 1.807) is 0 Å². The van der Waals surface area contributed by atoms with E-state index in [0.29, 0.717) is 0 Å². The van der Waals surface area contributed by atoms with Crippen LogP contribution >= 0.6 is 15.9 Å². The lowest BCUT2D eigenvalue weighted by molar-refractivity contribution is 0.389. The summed E-state index contributed by atoms with van der Waals surface area (Å²) in [4.78, 5) is 0. The molecule has 1 aliphatic rings. The lowest BCUT2D eigenvalue weighted by atomic mass is 9.98. The second-order valence-electron chi connectivity index (χ2n) is 5.48. The molecule has 0 aliphatic heterocycles. The van der Waals surface area contributed by atoms with Crippen molar-refractivity contribution in [2.24, 2.45) is 18.9 Å². The van der Waals surface area contributed by atoms with Crippen LogP contribution in [-0.2, 0) is 20.0 Å². The molecule has 18 heavy (non-hydrogen) atoms. The Labute approximate surface area is 118 Å². The summed E-state index contributed by atoms with van der Waals surface area (Å²) in [6.45, 7) is 6.58. The highest BCUT2D eigenvalue weighted by Crippen LogP contribution is 2.30. The minimum Gasteiger partial charge on any atom is -0.311 e. The fourth-order valence-corrected chi connectivity index (χ4v) is 3.67. The van der Waals surface area contributed by atoms with E-state index in [1.807, 2.05) is 11.7 Å². The number of nitrogens with one attached hydrogen (secondary N) is 1. The molecule has 102 valence electrons. The highest BCUT2D eigenvalue weighted by molar-refractivity contribution is 9.10. The molecule has 3 nitrogen and oxygen atoms in total. The maximum absolute atomic E-state index is 4.52. The molecule has 0 radical (unpaired) electrons. The Hall–Kier alpha value is -0.350. The van der Waals surface area contributed by atoms with Crippen LogP contribution in [0.5, 0.6) is 0 Å². The molecule has 0 saturated heterocycles. The summed E-state index contributed by atoms with van der Waals surface area (Å²) in [5.41, 5.74) is 2.42. The van der Waals surface area contributed by atoms with Crippen molar-refractivity contribution in [3.63, 3.8) is 0 Å². The van der Waals surface area contributed by atoms with E-state index in [0.717, 1.165) is 37.0 Å². The quantitative estimate of drug-likeness (QED) is 0.904. The molecule has 0 amide bonds. The van der Waals surface area contributed by atoms with E-state index in [1.165, 1.54) is 29.4 Å². The smallest absolute Gasteiger partial charge is 0.0767 e. The second kappa shape index (κ2) is 6.20. The Morgan fingerprint density at radius 1 is 1.44 bits per heavy atom. The van der Waals surface area contributed by atoms with Gasteiger partial charge in [0.1, 0.15) is 0 Å². The van der Waals surface area contributed by atoms with Gasteiger partial charge >= 0.3 is 0 Å². The average molecular weight is 314 g/mol. The minimum atomic E-state index is 0.864. The van der Waals surface area contributed by atoms with Crippen molar-refractivity contribution in [2.45, 2.75) is 46.1 Å². The third-order valence-electron chi connectivity index (χ3n) is 4.24. The fraction of sp³-hybridized carbons (Fsp3) is 0.786. The predicted octanol–water partition coefficient (Wildman–Crippen LogP) is 3.27. The van der Waals surface area contributed by atoms with Gasteiger partial charge in [0.25, 0.3) is 0 Å². The molecule has 1 N–H and O–H groups in total. The Kier molecular flexibility index (Phi) is 4.84. The molecule has 4 heteroatoms. The molecule has 2 unspecified atom stereocenters. The Morgan fingerprint density at radius 2 is 2.22 bits per heavy atom. The first-order valence-corrected chi connectivity index (χ1v) is 7.83. The molecular formula is C14H24BrN3. The SMILES string of the molecule is CCc1nn(C)c(CNCC2CCCC2C)c1Br. The predicted molar refractivity (Wildman–Crippen MR) is 78.5 cm³/mol. The van der Waals surface area contributed by atoms with Crippen LogP contribution in [0.2, 0.25) is 0 Å². The van der Waals surface area contributed by atoms with Gasteiger partial charge in [-0.1, -0.05) is 26.7 Å². The van der Waals surface area contributed by atoms with Crippen LogP contribution in [0, 0.1) is 11.8 Å². The summed E-state index contributed by atoms with van der Waals surface area (Å²) in [6.07, 6.45) is 5.18. The number of hydrogen-bond donors (Lipinski definition) is 1. The molecule has 0 bridgehead atoms. The molecule has 1 heterocycles. The van der Waals surface area contributed by atoms with Gasteiger partial charge < -0.3 is 5.32 Å². The molecule has 0 aromatic carbocycles. The van der Waals surface area contributed by atoms with Crippen LogP contribution < -0.4 is 5.32 Å². The van der Waals surface area contributed by atoms with Crippen molar-refractivity contribution >= 4 is 15.9 Å². The maximum Gasteiger partial charge on any atom is 0.0767 e. The van der Waals surface area contributed by atoms with E-state index in [-0.39, 0.29) is 0 Å². The third-order valence-corrected chi connectivity index (χ3v) is 5.16. The number of nitrogens with zero attached hydrogens (tertiary/aromatic N) is 2. The van der Waals surface area contributed by atoms with Crippen LogP contribution in [0.25, 0.3) is 0 Å². The molecule has 1 aliphatic carbocycles. The first-order valence-electron chi connectivity index (χ1n) is 7.04. The molecule has 0 spiro atoms. The van der Waals surface area contributed by atoms with Crippen molar-refractivity contribution in [3.8, 4) is 0 Å². The first kappa shape index (κ1) is 14.1. The largest absolute Gasteiger partial charge is 0.311 e. The molecule has 2 rings (SSSR count). The van der Waals surface area contributed by atoms with Gasteiger partial charge in [0.15, 0.2) is 0 Å². The van der Waals surface area contributed by atoms with Crippen LogP contribution in [0.1, 0.15) is 44.5 Å². The van der Waals surface area contributed by atoms with E-state index < -0.39 is 0 Å². The molecule has 1 aromatic heterocycles. The second-order valence-corrected chi connectivity index (χ2v) is 6.28. The zero-order valence-corrected chi connectivity index (χ0v) is 13.3. The summed E-state index contributed by atoms with van der Waals surface area (Å²) in [7, 11) is 2.03. The monoisotopic (exact) mass is 313 g/mol. The van der Waals surface area contributed by atoms with Crippen molar-refractivity contribution in [3.05, 3.63) is 15.9 Å². The normalized spacial score (nSPS) is 23.8. The van der Waals surface area contributed by atoms with Gasteiger partial charge in [-0.25, -0.2) is 0 Å². The van der Waals surface area contributed by atoms with Gasteiger partial charge in [0, 0.05) is 13.6 Å². The first-order chi connectivity index (χ1) is 8.63. The number of aromatic nitrogens is 2. The van der Waals surface area contributed by atoms with Crippen molar-refractivity contribution in [1.82, 2.24) is 15.1 Å². The van der Waals surface area contributed by atoms with Crippen LogP contribution in [0.4, 0.5) is 0 Å². The summed E-state index contributed by atoms with van der Waals surface area (Å²) in [6, 6.07) is 0. The van der Waals surface area contributed by atoms with Crippen molar-refractivity contribution < 1.29 is 0 Å². The maximum atomic E-state index is 4.52. The summed E-state index contributed by atoms with van der Waals surface area (Å²) >= 11 is 3.66. The third kappa shape index (κ3) is 2.97. The lowest BCUT2D eigenvalue weighted by Gasteiger charge is -2.16. The van der Waals surface area contributed by atoms with Gasteiger partial charge in [0.2, 0.25) is 0 Å². The number of rotatable bonds is 5. The van der Waals surface area contributed by atoms with Crippen molar-refractivity contribution in [1.29, 1.82) is 0 Å². The topological polar surface area (TPSA) is 29.9 Å². The summed E-state index contributed by atoms with van der Waals surface area (Å²) in [5, 5.41) is 8.13. The number of halogens is 1. The van der Waals surface area contributed by atoms with E-state index in [9.17, 15) is 0 Å². The molecule has 2 atom stereocenters. The fourth-order valence-electron chi connectivity index (χ4n) is 2.91. The molecular weight excluding hydrogens is 290 g/mol. The molecule has 1 fully saturated rings. The Balaban J connectivity index is 1.88. The average Bonchev–Trinajstić information content (AvgIpc) is 2.87. The van der Waals surface area contributed by atoms with Gasteiger partial charge in [-0.05, 0) is 47.2 Å². The van der Waals surface area contributed by atoms with E-state index in [2.05, 4.69) is 40.2 Å². The Bertz CT molecular complexity index is 400. The lowest BCUT2D eigenvalue weighted by Crippen LogP contribution is -2.25. The van der Waals surface area contributed by atoms with Crippen LogP contribution in [0.3, 0.4) is 0 Å². The van der Waals surface area contributed by atoms with E-state index in [4.69, 9.17) is 0 Å².